The Bertz CT molecular complexity index is 1170. The van der Waals surface area contributed by atoms with Gasteiger partial charge in [-0.2, -0.15) is 0 Å². The molecule has 32 heavy (non-hydrogen) atoms. The van der Waals surface area contributed by atoms with Gasteiger partial charge in [-0.3, -0.25) is 9.36 Å². The first kappa shape index (κ1) is 24.7. The molecule has 0 unspecified atom stereocenters. The SMILES string of the molecule is CC.COCCOCC#Cc1cnc2c(C(N)=O)c(N)n(-c3c(C)ccc(O)c3C)c2n1. The van der Waals surface area contributed by atoms with E-state index in [9.17, 15) is 9.90 Å². The number of nitrogen functional groups attached to an aromatic ring is 1. The first-order chi connectivity index (χ1) is 15.4. The summed E-state index contributed by atoms with van der Waals surface area (Å²) in [5.41, 5.74) is 14.9. The van der Waals surface area contributed by atoms with Gasteiger partial charge in [0.15, 0.2) is 5.65 Å². The van der Waals surface area contributed by atoms with Crippen molar-refractivity contribution in [1.82, 2.24) is 14.5 Å². The summed E-state index contributed by atoms with van der Waals surface area (Å²) in [7, 11) is 1.59. The van der Waals surface area contributed by atoms with Gasteiger partial charge in [0, 0.05) is 12.7 Å². The molecule has 1 aromatic carbocycles. The number of primary amides is 1. The van der Waals surface area contributed by atoms with Gasteiger partial charge in [-0.1, -0.05) is 25.8 Å². The Morgan fingerprint density at radius 2 is 1.97 bits per heavy atom. The van der Waals surface area contributed by atoms with Crippen LogP contribution in [0.5, 0.6) is 5.75 Å². The number of phenolic OH excluding ortho intramolecular Hbond substituents is 1. The normalized spacial score (nSPS) is 10.3. The lowest BCUT2D eigenvalue weighted by Gasteiger charge is -2.15. The highest BCUT2D eigenvalue weighted by Crippen LogP contribution is 2.34. The van der Waals surface area contributed by atoms with Gasteiger partial charge >= 0.3 is 0 Å². The molecule has 9 nitrogen and oxygen atoms in total. The summed E-state index contributed by atoms with van der Waals surface area (Å²) in [6.45, 7) is 8.75. The molecule has 9 heteroatoms. The van der Waals surface area contributed by atoms with Gasteiger partial charge in [0.1, 0.15) is 34.9 Å². The van der Waals surface area contributed by atoms with E-state index in [2.05, 4.69) is 21.8 Å². The van der Waals surface area contributed by atoms with Crippen LogP contribution in [0.25, 0.3) is 16.9 Å². The van der Waals surface area contributed by atoms with E-state index >= 15 is 0 Å². The summed E-state index contributed by atoms with van der Waals surface area (Å²) < 4.78 is 11.8. The number of ether oxygens (including phenoxy) is 2. The van der Waals surface area contributed by atoms with E-state index in [0.717, 1.165) is 5.56 Å². The molecule has 3 aromatic rings. The van der Waals surface area contributed by atoms with Crippen LogP contribution in [0.2, 0.25) is 0 Å². The smallest absolute Gasteiger partial charge is 0.254 e. The summed E-state index contributed by atoms with van der Waals surface area (Å²) in [6, 6.07) is 3.35. The Morgan fingerprint density at radius 3 is 2.62 bits per heavy atom. The predicted octanol–water partition coefficient (Wildman–Crippen LogP) is 2.46. The van der Waals surface area contributed by atoms with Gasteiger partial charge in [-0.25, -0.2) is 9.97 Å². The molecular weight excluding hydrogens is 410 g/mol. The Kier molecular flexibility index (Phi) is 8.58. The van der Waals surface area contributed by atoms with Crippen molar-refractivity contribution in [3.8, 4) is 23.3 Å². The monoisotopic (exact) mass is 439 g/mol. The second-order valence-corrected chi connectivity index (χ2v) is 6.61. The number of nitrogens with zero attached hydrogens (tertiary/aromatic N) is 3. The minimum atomic E-state index is -0.716. The summed E-state index contributed by atoms with van der Waals surface area (Å²) >= 11 is 0. The van der Waals surface area contributed by atoms with Crippen molar-refractivity contribution in [2.45, 2.75) is 27.7 Å². The summed E-state index contributed by atoms with van der Waals surface area (Å²) in [4.78, 5) is 20.9. The number of carbonyl (C=O) groups excluding carboxylic acids is 1. The number of phenols is 1. The van der Waals surface area contributed by atoms with Gasteiger partial charge in [0.2, 0.25) is 0 Å². The zero-order valence-corrected chi connectivity index (χ0v) is 19.0. The van der Waals surface area contributed by atoms with Crippen LogP contribution in [-0.2, 0) is 9.47 Å². The minimum absolute atomic E-state index is 0.0713. The van der Waals surface area contributed by atoms with Crippen LogP contribution in [0.1, 0.15) is 41.0 Å². The van der Waals surface area contributed by atoms with Crippen LogP contribution in [-0.4, -0.2) is 52.5 Å². The number of benzene rings is 1. The van der Waals surface area contributed by atoms with Gasteiger partial charge in [0.05, 0.1) is 25.1 Å². The number of fused-ring (bicyclic) bond motifs is 1. The summed E-state index contributed by atoms with van der Waals surface area (Å²) in [5.74, 6) is 5.22. The predicted molar refractivity (Wildman–Crippen MR) is 124 cm³/mol. The molecular formula is C23H29N5O4. The van der Waals surface area contributed by atoms with Gasteiger partial charge < -0.3 is 26.0 Å². The van der Waals surface area contributed by atoms with Crippen LogP contribution < -0.4 is 11.5 Å². The standard InChI is InChI=1S/C21H23N5O4.C2H6/c1-12-6-7-15(27)13(2)18(12)26-19(22)16(20(23)28)17-21(26)25-14(11-24-17)5-4-8-30-10-9-29-3;1-2/h6-7,11,27H,8-10,22H2,1-3H3,(H2,23,28);1-2H3. The highest BCUT2D eigenvalue weighted by atomic mass is 16.5. The molecule has 1 amide bonds. The second kappa shape index (κ2) is 11.1. The largest absolute Gasteiger partial charge is 0.508 e. The average Bonchev–Trinajstić information content (AvgIpc) is 3.06. The quantitative estimate of drug-likeness (QED) is 0.396. The van der Waals surface area contributed by atoms with Crippen LogP contribution in [0, 0.1) is 25.7 Å². The van der Waals surface area contributed by atoms with Crippen molar-refractivity contribution in [3.05, 3.63) is 40.7 Å². The number of nitrogens with two attached hydrogens (primary N) is 2. The van der Waals surface area contributed by atoms with Crippen LogP contribution >= 0.6 is 0 Å². The molecule has 0 bridgehead atoms. The fourth-order valence-corrected chi connectivity index (χ4v) is 3.15. The third-order valence-corrected chi connectivity index (χ3v) is 4.60. The number of anilines is 1. The van der Waals surface area contributed by atoms with E-state index in [4.69, 9.17) is 20.9 Å². The topological polar surface area (TPSA) is 139 Å². The van der Waals surface area contributed by atoms with E-state index in [0.29, 0.717) is 35.8 Å². The van der Waals surface area contributed by atoms with Crippen molar-refractivity contribution in [2.24, 2.45) is 5.73 Å². The van der Waals surface area contributed by atoms with E-state index in [-0.39, 0.29) is 29.3 Å². The van der Waals surface area contributed by atoms with E-state index in [1.807, 2.05) is 20.8 Å². The molecule has 3 rings (SSSR count). The van der Waals surface area contributed by atoms with E-state index in [1.54, 1.807) is 30.7 Å². The third kappa shape index (κ3) is 4.99. The van der Waals surface area contributed by atoms with Gasteiger partial charge in [-0.05, 0) is 31.4 Å². The molecule has 0 spiro atoms. The zero-order valence-electron chi connectivity index (χ0n) is 19.0. The molecule has 0 radical (unpaired) electrons. The molecule has 170 valence electrons. The fraction of sp³-hybridized carbons (Fsp3) is 0.348. The number of methoxy groups -OCH3 is 1. The first-order valence-corrected chi connectivity index (χ1v) is 10.2. The number of aryl methyl sites for hydroxylation is 1. The average molecular weight is 440 g/mol. The fourth-order valence-electron chi connectivity index (χ4n) is 3.15. The lowest BCUT2D eigenvalue weighted by atomic mass is 10.1. The maximum Gasteiger partial charge on any atom is 0.254 e. The number of aromatic nitrogens is 3. The first-order valence-electron chi connectivity index (χ1n) is 10.2. The Balaban J connectivity index is 0.00000176. The van der Waals surface area contributed by atoms with E-state index in [1.165, 1.54) is 6.20 Å². The number of hydrogen-bond acceptors (Lipinski definition) is 7. The van der Waals surface area contributed by atoms with E-state index < -0.39 is 5.91 Å². The minimum Gasteiger partial charge on any atom is -0.508 e. The molecule has 2 heterocycles. The number of hydrogen-bond donors (Lipinski definition) is 3. The molecule has 0 aliphatic heterocycles. The Morgan fingerprint density at radius 1 is 1.25 bits per heavy atom. The molecule has 5 N–H and O–H groups in total. The van der Waals surface area contributed by atoms with Crippen molar-refractivity contribution >= 4 is 22.9 Å². The highest BCUT2D eigenvalue weighted by molar-refractivity contribution is 6.09. The number of rotatable bonds is 6. The zero-order chi connectivity index (χ0) is 23.8. The Hall–Kier alpha value is -3.61. The van der Waals surface area contributed by atoms with Crippen LogP contribution in [0.15, 0.2) is 18.3 Å². The van der Waals surface area contributed by atoms with Crippen LogP contribution in [0.3, 0.4) is 0 Å². The Labute approximate surface area is 187 Å². The van der Waals surface area contributed by atoms with Gasteiger partial charge in [0.25, 0.3) is 5.91 Å². The van der Waals surface area contributed by atoms with Crippen molar-refractivity contribution in [2.75, 3.05) is 32.7 Å². The van der Waals surface area contributed by atoms with Crippen molar-refractivity contribution in [1.29, 1.82) is 0 Å². The highest BCUT2D eigenvalue weighted by Gasteiger charge is 2.24. The molecule has 0 aliphatic rings. The molecule has 0 saturated carbocycles. The number of carbonyl (C=O) groups is 1. The third-order valence-electron chi connectivity index (χ3n) is 4.60. The molecule has 0 fully saturated rings. The maximum absolute atomic E-state index is 12.1. The van der Waals surface area contributed by atoms with Crippen molar-refractivity contribution in [3.63, 3.8) is 0 Å². The second-order valence-electron chi connectivity index (χ2n) is 6.61. The molecule has 0 saturated heterocycles. The summed E-state index contributed by atoms with van der Waals surface area (Å²) in [6.07, 6.45) is 1.45. The molecule has 0 atom stereocenters. The number of amides is 1. The number of aromatic hydroxyl groups is 1. The summed E-state index contributed by atoms with van der Waals surface area (Å²) in [5, 5.41) is 10.2. The van der Waals surface area contributed by atoms with Crippen LogP contribution in [0.4, 0.5) is 5.82 Å². The molecule has 2 aromatic heterocycles. The lowest BCUT2D eigenvalue weighted by Crippen LogP contribution is -2.14. The van der Waals surface area contributed by atoms with Gasteiger partial charge in [-0.15, -0.1) is 0 Å². The molecule has 0 aliphatic carbocycles. The van der Waals surface area contributed by atoms with Crippen molar-refractivity contribution < 1.29 is 19.4 Å². The lowest BCUT2D eigenvalue weighted by molar-refractivity contribution is 0.0877. The maximum atomic E-state index is 12.1.